The zero-order valence-electron chi connectivity index (χ0n) is 10.6. The summed E-state index contributed by atoms with van der Waals surface area (Å²) < 4.78 is 5.06. The van der Waals surface area contributed by atoms with Crippen LogP contribution in [0.3, 0.4) is 0 Å². The van der Waals surface area contributed by atoms with E-state index < -0.39 is 6.04 Å². The number of amides is 1. The molecule has 6 heteroatoms. The lowest BCUT2D eigenvalue weighted by Gasteiger charge is -2.15. The zero-order valence-corrected chi connectivity index (χ0v) is 12.1. The van der Waals surface area contributed by atoms with Crippen molar-refractivity contribution in [1.82, 2.24) is 0 Å². The van der Waals surface area contributed by atoms with Gasteiger partial charge in [0.05, 0.1) is 18.2 Å². The molecule has 18 heavy (non-hydrogen) atoms. The number of carbonyl (C=O) groups is 1. The third kappa shape index (κ3) is 4.37. The fraction of sp³-hybridized carbons (Fsp3) is 0.417. The van der Waals surface area contributed by atoms with Gasteiger partial charge in [0.15, 0.2) is 0 Å². The quantitative estimate of drug-likeness (QED) is 0.897. The molecule has 1 rings (SSSR count). The molecule has 0 aliphatic carbocycles. The molecule has 0 saturated heterocycles. The van der Waals surface area contributed by atoms with Gasteiger partial charge < -0.3 is 15.8 Å². The fourth-order valence-corrected chi connectivity index (χ4v) is 1.46. The first-order valence-corrected chi connectivity index (χ1v) is 5.73. The molecule has 3 N–H and O–H groups in total. The van der Waals surface area contributed by atoms with Gasteiger partial charge in [-0.1, -0.05) is 25.4 Å². The Morgan fingerprint density at radius 1 is 1.44 bits per heavy atom. The molecule has 0 aliphatic heterocycles. The summed E-state index contributed by atoms with van der Waals surface area (Å²) in [5.74, 6) is 0.385. The topological polar surface area (TPSA) is 64.3 Å². The van der Waals surface area contributed by atoms with Crippen LogP contribution in [0, 0.1) is 5.92 Å². The number of carbonyl (C=O) groups excluding carboxylic acids is 1. The Bertz CT molecular complexity index is 411. The summed E-state index contributed by atoms with van der Waals surface area (Å²) in [5, 5.41) is 3.22. The minimum atomic E-state index is -0.531. The lowest BCUT2D eigenvalue weighted by atomic mass is 10.0. The van der Waals surface area contributed by atoms with Crippen LogP contribution >= 0.6 is 24.0 Å². The number of ether oxygens (including phenoxy) is 1. The minimum absolute atomic E-state index is 0. The average molecular weight is 293 g/mol. The van der Waals surface area contributed by atoms with Gasteiger partial charge in [-0.25, -0.2) is 0 Å². The van der Waals surface area contributed by atoms with Gasteiger partial charge in [-0.15, -0.1) is 12.4 Å². The molecule has 1 aromatic carbocycles. The summed E-state index contributed by atoms with van der Waals surface area (Å²) in [4.78, 5) is 11.7. The number of anilines is 1. The Kier molecular flexibility index (Phi) is 7.06. The van der Waals surface area contributed by atoms with Crippen LogP contribution < -0.4 is 15.8 Å². The minimum Gasteiger partial charge on any atom is -0.495 e. The van der Waals surface area contributed by atoms with Gasteiger partial charge in [-0.3, -0.25) is 4.79 Å². The van der Waals surface area contributed by atoms with Crippen LogP contribution in [0.2, 0.25) is 5.02 Å². The highest BCUT2D eigenvalue weighted by atomic mass is 35.5. The maximum absolute atomic E-state index is 11.7. The number of rotatable bonds is 4. The zero-order chi connectivity index (χ0) is 13.0. The largest absolute Gasteiger partial charge is 0.495 e. The number of methoxy groups -OCH3 is 1. The first kappa shape index (κ1) is 17.0. The van der Waals surface area contributed by atoms with Crippen LogP contribution in [-0.4, -0.2) is 19.1 Å². The summed E-state index contributed by atoms with van der Waals surface area (Å²) >= 11 is 5.88. The average Bonchev–Trinajstić information content (AvgIpc) is 2.30. The standard InChI is InChI=1S/C12H17ClN2O2.ClH/c1-7(2)11(14)12(16)15-8-4-5-9(13)10(6-8)17-3;/h4-7,11H,14H2,1-3H3,(H,15,16);1H. The second-order valence-corrected chi connectivity index (χ2v) is 4.52. The van der Waals surface area contributed by atoms with E-state index in [1.54, 1.807) is 18.2 Å². The molecule has 102 valence electrons. The van der Waals surface area contributed by atoms with Crippen molar-refractivity contribution in [2.24, 2.45) is 11.7 Å². The summed E-state index contributed by atoms with van der Waals surface area (Å²) in [6, 6.07) is 4.50. The van der Waals surface area contributed by atoms with Gasteiger partial charge in [0.25, 0.3) is 0 Å². The number of hydrogen-bond acceptors (Lipinski definition) is 3. The third-order valence-corrected chi connectivity index (χ3v) is 2.75. The Labute approximate surface area is 118 Å². The summed E-state index contributed by atoms with van der Waals surface area (Å²) in [7, 11) is 1.52. The monoisotopic (exact) mass is 292 g/mol. The molecule has 0 bridgehead atoms. The predicted molar refractivity (Wildman–Crippen MR) is 76.7 cm³/mol. The van der Waals surface area contributed by atoms with E-state index in [2.05, 4.69) is 5.32 Å². The normalized spacial score (nSPS) is 11.7. The Morgan fingerprint density at radius 2 is 2.06 bits per heavy atom. The highest BCUT2D eigenvalue weighted by Crippen LogP contribution is 2.27. The van der Waals surface area contributed by atoms with Crippen molar-refractivity contribution in [3.63, 3.8) is 0 Å². The van der Waals surface area contributed by atoms with E-state index in [-0.39, 0.29) is 24.2 Å². The van der Waals surface area contributed by atoms with E-state index in [1.165, 1.54) is 7.11 Å². The molecule has 0 radical (unpaired) electrons. The molecular formula is C12H18Cl2N2O2. The van der Waals surface area contributed by atoms with Crippen molar-refractivity contribution in [3.05, 3.63) is 23.2 Å². The SMILES string of the molecule is COc1cc(NC(=O)C(N)C(C)C)ccc1Cl.Cl. The molecule has 0 saturated carbocycles. The first-order chi connectivity index (χ1) is 7.95. The number of hydrogen-bond donors (Lipinski definition) is 2. The third-order valence-electron chi connectivity index (χ3n) is 2.44. The van der Waals surface area contributed by atoms with Crippen molar-refractivity contribution in [2.75, 3.05) is 12.4 Å². The van der Waals surface area contributed by atoms with Crippen LogP contribution in [0.15, 0.2) is 18.2 Å². The van der Waals surface area contributed by atoms with Crippen LogP contribution in [-0.2, 0) is 4.79 Å². The summed E-state index contributed by atoms with van der Waals surface area (Å²) in [6.45, 7) is 3.79. The Morgan fingerprint density at radius 3 is 2.56 bits per heavy atom. The second-order valence-electron chi connectivity index (χ2n) is 4.11. The highest BCUT2D eigenvalue weighted by molar-refractivity contribution is 6.32. The van der Waals surface area contributed by atoms with Gasteiger partial charge in [-0.2, -0.15) is 0 Å². The Hall–Kier alpha value is -0.970. The summed E-state index contributed by atoms with van der Waals surface area (Å²) in [5.41, 5.74) is 6.36. The number of benzene rings is 1. The predicted octanol–water partition coefficient (Wildman–Crippen LogP) is 2.69. The maximum Gasteiger partial charge on any atom is 0.241 e. The van der Waals surface area contributed by atoms with E-state index in [4.69, 9.17) is 22.1 Å². The Balaban J connectivity index is 0.00000289. The van der Waals surface area contributed by atoms with Gasteiger partial charge in [0.2, 0.25) is 5.91 Å². The molecule has 0 aromatic heterocycles. The molecule has 4 nitrogen and oxygen atoms in total. The van der Waals surface area contributed by atoms with Crippen LogP contribution in [0.5, 0.6) is 5.75 Å². The molecular weight excluding hydrogens is 275 g/mol. The molecule has 0 spiro atoms. The van der Waals surface area contributed by atoms with E-state index in [9.17, 15) is 4.79 Å². The van der Waals surface area contributed by atoms with Crippen LogP contribution in [0.1, 0.15) is 13.8 Å². The van der Waals surface area contributed by atoms with Crippen molar-refractivity contribution in [3.8, 4) is 5.75 Å². The molecule has 1 amide bonds. The molecule has 1 unspecified atom stereocenters. The molecule has 1 atom stereocenters. The van der Waals surface area contributed by atoms with Crippen LogP contribution in [0.4, 0.5) is 5.69 Å². The van der Waals surface area contributed by atoms with Gasteiger partial charge in [0, 0.05) is 11.8 Å². The van der Waals surface area contributed by atoms with Crippen molar-refractivity contribution < 1.29 is 9.53 Å². The van der Waals surface area contributed by atoms with Crippen molar-refractivity contribution >= 4 is 35.6 Å². The van der Waals surface area contributed by atoms with Gasteiger partial charge >= 0.3 is 0 Å². The molecule has 0 heterocycles. The van der Waals surface area contributed by atoms with Gasteiger partial charge in [-0.05, 0) is 18.1 Å². The maximum atomic E-state index is 11.7. The smallest absolute Gasteiger partial charge is 0.241 e. The van der Waals surface area contributed by atoms with Gasteiger partial charge in [0.1, 0.15) is 5.75 Å². The molecule has 0 aliphatic rings. The number of nitrogens with two attached hydrogens (primary N) is 1. The lowest BCUT2D eigenvalue weighted by molar-refractivity contribution is -0.118. The van der Waals surface area contributed by atoms with E-state index >= 15 is 0 Å². The van der Waals surface area contributed by atoms with Crippen molar-refractivity contribution in [2.45, 2.75) is 19.9 Å². The summed E-state index contributed by atoms with van der Waals surface area (Å²) in [6.07, 6.45) is 0. The van der Waals surface area contributed by atoms with Crippen LogP contribution in [0.25, 0.3) is 0 Å². The lowest BCUT2D eigenvalue weighted by Crippen LogP contribution is -2.39. The molecule has 1 aromatic rings. The highest BCUT2D eigenvalue weighted by Gasteiger charge is 2.17. The number of nitrogens with one attached hydrogen (secondary N) is 1. The molecule has 0 fully saturated rings. The van der Waals surface area contributed by atoms with Crippen molar-refractivity contribution in [1.29, 1.82) is 0 Å². The van der Waals surface area contributed by atoms with E-state index in [0.717, 1.165) is 0 Å². The number of halogens is 2. The first-order valence-electron chi connectivity index (χ1n) is 5.35. The second kappa shape index (κ2) is 7.46. The van der Waals surface area contributed by atoms with E-state index in [0.29, 0.717) is 16.5 Å². The fourth-order valence-electron chi connectivity index (χ4n) is 1.27. The van der Waals surface area contributed by atoms with E-state index in [1.807, 2.05) is 13.8 Å².